The minimum absolute atomic E-state index is 0.938. The first kappa shape index (κ1) is 16.3. The van der Waals surface area contributed by atoms with Crippen LogP contribution in [-0.2, 0) is 7.05 Å². The lowest BCUT2D eigenvalue weighted by Gasteiger charge is -2.08. The summed E-state index contributed by atoms with van der Waals surface area (Å²) >= 11 is 0. The maximum atomic E-state index is 6.52. The van der Waals surface area contributed by atoms with E-state index in [0.29, 0.717) is 0 Å². The van der Waals surface area contributed by atoms with Crippen LogP contribution in [0.1, 0.15) is 5.56 Å². The summed E-state index contributed by atoms with van der Waals surface area (Å²) in [5.41, 5.74) is 5.47. The molecule has 4 aromatic carbocycles. The molecule has 0 N–H and O–H groups in total. The molecule has 0 unspecified atom stereocenters. The van der Waals surface area contributed by atoms with Crippen LogP contribution in [0.25, 0.3) is 54.7 Å². The number of benzene rings is 4. The maximum absolute atomic E-state index is 6.52. The van der Waals surface area contributed by atoms with Crippen molar-refractivity contribution in [2.75, 3.05) is 0 Å². The third-order valence-electron chi connectivity index (χ3n) is 6.02. The number of fused-ring (bicyclic) bond motifs is 6. The van der Waals surface area contributed by atoms with Crippen molar-refractivity contribution in [2.45, 2.75) is 6.92 Å². The summed E-state index contributed by atoms with van der Waals surface area (Å²) in [5, 5.41) is 7.31. The van der Waals surface area contributed by atoms with Gasteiger partial charge in [-0.05, 0) is 40.8 Å². The predicted molar refractivity (Wildman–Crippen MR) is 120 cm³/mol. The highest BCUT2D eigenvalue weighted by Gasteiger charge is 2.23. The van der Waals surface area contributed by atoms with Crippen LogP contribution in [0.5, 0.6) is 0 Å². The molecule has 0 radical (unpaired) electrons. The molecule has 2 nitrogen and oxygen atoms in total. The molecule has 2 aromatic heterocycles. The van der Waals surface area contributed by atoms with Crippen molar-refractivity contribution in [1.82, 2.24) is 0 Å². The fourth-order valence-corrected chi connectivity index (χ4v) is 4.63. The van der Waals surface area contributed by atoms with E-state index in [0.717, 1.165) is 11.2 Å². The third-order valence-corrected chi connectivity index (χ3v) is 6.02. The number of pyridine rings is 1. The summed E-state index contributed by atoms with van der Waals surface area (Å²) in [5.74, 6) is 0. The van der Waals surface area contributed by atoms with Crippen LogP contribution >= 0.6 is 0 Å². The van der Waals surface area contributed by atoms with Crippen LogP contribution in [0.4, 0.5) is 0 Å². The van der Waals surface area contributed by atoms with Gasteiger partial charge in [0.15, 0.2) is 6.20 Å². The summed E-state index contributed by atoms with van der Waals surface area (Å²) in [6, 6.07) is 27.9. The largest absolute Gasteiger partial charge is 0.455 e. The Morgan fingerprint density at radius 2 is 1.41 bits per heavy atom. The second-order valence-corrected chi connectivity index (χ2v) is 7.76. The zero-order valence-electron chi connectivity index (χ0n) is 16.4. The van der Waals surface area contributed by atoms with E-state index < -0.39 is 0 Å². The zero-order chi connectivity index (χ0) is 19.5. The molecule has 0 fully saturated rings. The van der Waals surface area contributed by atoms with Crippen LogP contribution in [0.15, 0.2) is 89.5 Å². The molecule has 0 saturated heterocycles. The molecule has 138 valence electrons. The number of nitrogens with zero attached hydrogens (tertiary/aromatic N) is 1. The highest BCUT2D eigenvalue weighted by atomic mass is 16.3. The molecule has 0 amide bonds. The summed E-state index contributed by atoms with van der Waals surface area (Å²) in [4.78, 5) is 0. The van der Waals surface area contributed by atoms with Crippen molar-refractivity contribution in [3.05, 3.63) is 90.6 Å². The van der Waals surface area contributed by atoms with Crippen LogP contribution in [-0.4, -0.2) is 0 Å². The summed E-state index contributed by atoms with van der Waals surface area (Å²) < 4.78 is 8.72. The van der Waals surface area contributed by atoms with E-state index in [4.69, 9.17) is 4.42 Å². The first-order valence-electron chi connectivity index (χ1n) is 9.94. The van der Waals surface area contributed by atoms with Gasteiger partial charge in [-0.2, -0.15) is 0 Å². The quantitative estimate of drug-likeness (QED) is 0.293. The van der Waals surface area contributed by atoms with E-state index in [-0.39, 0.29) is 0 Å². The Balaban J connectivity index is 1.83. The average Bonchev–Trinajstić information content (AvgIpc) is 3.13. The Bertz CT molecular complexity index is 1570. The van der Waals surface area contributed by atoms with Crippen LogP contribution in [0.3, 0.4) is 0 Å². The Kier molecular flexibility index (Phi) is 3.33. The Hall–Kier alpha value is -3.65. The molecule has 6 aromatic rings. The van der Waals surface area contributed by atoms with Gasteiger partial charge >= 0.3 is 0 Å². The van der Waals surface area contributed by atoms with Crippen molar-refractivity contribution in [1.29, 1.82) is 0 Å². The normalized spacial score (nSPS) is 11.8. The van der Waals surface area contributed by atoms with Gasteiger partial charge in [-0.15, -0.1) is 0 Å². The van der Waals surface area contributed by atoms with E-state index in [1.54, 1.807) is 0 Å². The molecule has 0 aliphatic carbocycles. The number of rotatable bonds is 1. The van der Waals surface area contributed by atoms with Crippen LogP contribution in [0.2, 0.25) is 0 Å². The number of aryl methyl sites for hydroxylation is 2. The molecule has 2 heterocycles. The van der Waals surface area contributed by atoms with Gasteiger partial charge in [-0.3, -0.25) is 0 Å². The summed E-state index contributed by atoms with van der Waals surface area (Å²) in [6.07, 6.45) is 2.13. The monoisotopic (exact) mass is 374 g/mol. The molecule has 0 bridgehead atoms. The van der Waals surface area contributed by atoms with Crippen molar-refractivity contribution >= 4 is 43.5 Å². The Morgan fingerprint density at radius 3 is 2.24 bits per heavy atom. The van der Waals surface area contributed by atoms with E-state index in [1.807, 2.05) is 0 Å². The third kappa shape index (κ3) is 2.26. The Morgan fingerprint density at radius 1 is 0.690 bits per heavy atom. The molecule has 0 saturated carbocycles. The highest BCUT2D eigenvalue weighted by molar-refractivity contribution is 6.21. The molecule has 0 aliphatic rings. The first-order valence-corrected chi connectivity index (χ1v) is 9.94. The second-order valence-electron chi connectivity index (χ2n) is 7.76. The number of hydrogen-bond acceptors (Lipinski definition) is 1. The van der Waals surface area contributed by atoms with Gasteiger partial charge in [0.2, 0.25) is 5.69 Å². The standard InChI is InChI=1S/C27H20NO/c1-17-11-13-22-25-20-9-5-3-7-18(20)12-14-23(25)29-27(22)24(17)26-21-10-6-4-8-19(21)15-16-28(26)2/h3-16H,1-2H3/q+1. The molecular weight excluding hydrogens is 354 g/mol. The topological polar surface area (TPSA) is 17.0 Å². The van der Waals surface area contributed by atoms with E-state index in [1.165, 1.54) is 49.1 Å². The van der Waals surface area contributed by atoms with Gasteiger partial charge in [0.25, 0.3) is 0 Å². The van der Waals surface area contributed by atoms with Gasteiger partial charge in [-0.25, -0.2) is 4.57 Å². The minimum Gasteiger partial charge on any atom is -0.455 e. The van der Waals surface area contributed by atoms with Crippen LogP contribution in [0, 0.1) is 6.92 Å². The molecule has 0 spiro atoms. The Labute approximate surface area is 168 Å². The van der Waals surface area contributed by atoms with E-state index in [9.17, 15) is 0 Å². The summed E-state index contributed by atoms with van der Waals surface area (Å²) in [7, 11) is 2.11. The van der Waals surface area contributed by atoms with E-state index >= 15 is 0 Å². The average molecular weight is 374 g/mol. The van der Waals surface area contributed by atoms with Crippen molar-refractivity contribution in [2.24, 2.45) is 7.05 Å². The molecular formula is C27H20NO+. The molecule has 29 heavy (non-hydrogen) atoms. The zero-order valence-corrected chi connectivity index (χ0v) is 16.4. The smallest absolute Gasteiger partial charge is 0.224 e. The van der Waals surface area contributed by atoms with Crippen molar-refractivity contribution in [3.8, 4) is 11.3 Å². The lowest BCUT2D eigenvalue weighted by atomic mass is 9.96. The lowest BCUT2D eigenvalue weighted by molar-refractivity contribution is -0.659. The molecule has 2 heteroatoms. The second kappa shape index (κ2) is 5.92. The molecule has 6 rings (SSSR count). The number of furan rings is 1. The van der Waals surface area contributed by atoms with Gasteiger partial charge in [0.1, 0.15) is 18.2 Å². The van der Waals surface area contributed by atoms with E-state index in [2.05, 4.69) is 104 Å². The van der Waals surface area contributed by atoms with Crippen molar-refractivity contribution in [3.63, 3.8) is 0 Å². The van der Waals surface area contributed by atoms with Gasteiger partial charge in [0, 0.05) is 16.8 Å². The fraction of sp³-hybridized carbons (Fsp3) is 0.0741. The first-order chi connectivity index (χ1) is 14.2. The molecule has 0 aliphatic heterocycles. The van der Waals surface area contributed by atoms with Gasteiger partial charge in [-0.1, -0.05) is 60.7 Å². The SMILES string of the molecule is Cc1ccc2c(oc3ccc4ccccc4c32)c1-c1c2ccccc2cc[n+]1C. The van der Waals surface area contributed by atoms with Crippen molar-refractivity contribution < 1.29 is 8.98 Å². The maximum Gasteiger partial charge on any atom is 0.224 e. The fourth-order valence-electron chi connectivity index (χ4n) is 4.63. The van der Waals surface area contributed by atoms with Gasteiger partial charge in [0.05, 0.1) is 10.9 Å². The van der Waals surface area contributed by atoms with Crippen LogP contribution < -0.4 is 4.57 Å². The lowest BCUT2D eigenvalue weighted by Crippen LogP contribution is -2.30. The molecule has 0 atom stereocenters. The predicted octanol–water partition coefficient (Wildman–Crippen LogP) is 6.69. The van der Waals surface area contributed by atoms with Gasteiger partial charge < -0.3 is 4.42 Å². The minimum atomic E-state index is 0.938. The summed E-state index contributed by atoms with van der Waals surface area (Å²) in [6.45, 7) is 2.17. The number of hydrogen-bond donors (Lipinski definition) is 0. The highest BCUT2D eigenvalue weighted by Crippen LogP contribution is 2.41. The number of aromatic nitrogens is 1.